The van der Waals surface area contributed by atoms with Crippen LogP contribution >= 0.6 is 0 Å². The van der Waals surface area contributed by atoms with Gasteiger partial charge in [-0.2, -0.15) is 4.31 Å². The Bertz CT molecular complexity index is 662. The lowest BCUT2D eigenvalue weighted by molar-refractivity contribution is -0.384. The topological polar surface area (TPSA) is 83.8 Å². The van der Waals surface area contributed by atoms with E-state index in [0.717, 1.165) is 0 Å². The van der Waals surface area contributed by atoms with E-state index < -0.39 is 14.9 Å². The molecular formula is C17H29N3O4S. The van der Waals surface area contributed by atoms with Crippen molar-refractivity contribution in [3.8, 4) is 0 Å². The zero-order valence-corrected chi connectivity index (χ0v) is 16.7. The van der Waals surface area contributed by atoms with Gasteiger partial charge in [-0.25, -0.2) is 8.42 Å². The lowest BCUT2D eigenvalue weighted by Gasteiger charge is -2.34. The maximum absolute atomic E-state index is 12.9. The van der Waals surface area contributed by atoms with Gasteiger partial charge < -0.3 is 0 Å². The summed E-state index contributed by atoms with van der Waals surface area (Å²) < 4.78 is 27.3. The first-order chi connectivity index (χ1) is 11.5. The molecule has 0 radical (unpaired) electrons. The third-order valence-electron chi connectivity index (χ3n) is 4.14. The van der Waals surface area contributed by atoms with E-state index in [4.69, 9.17) is 0 Å². The number of non-ortho nitro benzene ring substituents is 1. The summed E-state index contributed by atoms with van der Waals surface area (Å²) >= 11 is 0. The van der Waals surface area contributed by atoms with Gasteiger partial charge in [0.15, 0.2) is 0 Å². The van der Waals surface area contributed by atoms with Gasteiger partial charge in [0.2, 0.25) is 10.0 Å². The summed E-state index contributed by atoms with van der Waals surface area (Å²) in [5.41, 5.74) is -0.124. The molecule has 142 valence electrons. The second-order valence-electron chi connectivity index (χ2n) is 6.89. The fourth-order valence-corrected chi connectivity index (χ4v) is 4.49. The monoisotopic (exact) mass is 371 g/mol. The van der Waals surface area contributed by atoms with Gasteiger partial charge in [-0.3, -0.25) is 15.0 Å². The van der Waals surface area contributed by atoms with Crippen molar-refractivity contribution < 1.29 is 13.3 Å². The van der Waals surface area contributed by atoms with Crippen LogP contribution in [0.4, 0.5) is 5.69 Å². The van der Waals surface area contributed by atoms with Crippen LogP contribution < -0.4 is 0 Å². The van der Waals surface area contributed by atoms with Crippen molar-refractivity contribution in [1.82, 2.24) is 9.21 Å². The number of hydrogen-bond donors (Lipinski definition) is 0. The highest BCUT2D eigenvalue weighted by Crippen LogP contribution is 2.21. The fraction of sp³-hybridized carbons (Fsp3) is 0.647. The number of nitro groups is 1. The van der Waals surface area contributed by atoms with Crippen LogP contribution in [0.15, 0.2) is 29.2 Å². The highest BCUT2D eigenvalue weighted by atomic mass is 32.2. The predicted octanol–water partition coefficient (Wildman–Crippen LogP) is 3.11. The van der Waals surface area contributed by atoms with Crippen molar-refractivity contribution in [2.45, 2.75) is 64.6 Å². The van der Waals surface area contributed by atoms with Gasteiger partial charge in [0.1, 0.15) is 0 Å². The molecule has 1 aromatic carbocycles. The van der Waals surface area contributed by atoms with Crippen LogP contribution in [0.5, 0.6) is 0 Å². The van der Waals surface area contributed by atoms with Crippen molar-refractivity contribution in [3.05, 3.63) is 34.4 Å². The molecule has 0 spiro atoms. The van der Waals surface area contributed by atoms with E-state index in [-0.39, 0.29) is 16.6 Å². The molecule has 0 amide bonds. The molecule has 0 aliphatic rings. The van der Waals surface area contributed by atoms with E-state index in [1.165, 1.54) is 28.6 Å². The number of nitrogens with zero attached hydrogens (tertiary/aromatic N) is 3. The molecule has 0 heterocycles. The first-order valence-electron chi connectivity index (χ1n) is 8.50. The minimum atomic E-state index is -3.71. The Balaban J connectivity index is 3.05. The van der Waals surface area contributed by atoms with Crippen molar-refractivity contribution in [3.63, 3.8) is 0 Å². The smallest absolute Gasteiger partial charge is 0.269 e. The summed E-state index contributed by atoms with van der Waals surface area (Å²) in [6.07, 6.45) is 0. The zero-order chi connectivity index (χ0) is 19.4. The summed E-state index contributed by atoms with van der Waals surface area (Å²) in [6.45, 7) is 13.0. The first kappa shape index (κ1) is 21.5. The summed E-state index contributed by atoms with van der Waals surface area (Å²) in [5, 5.41) is 10.7. The van der Waals surface area contributed by atoms with E-state index in [2.05, 4.69) is 32.6 Å². The number of nitro benzene ring substituents is 1. The Labute approximate surface area is 150 Å². The summed E-state index contributed by atoms with van der Waals surface area (Å²) in [4.78, 5) is 12.5. The average molecular weight is 372 g/mol. The quantitative estimate of drug-likeness (QED) is 0.492. The fourth-order valence-electron chi connectivity index (χ4n) is 2.86. The predicted molar refractivity (Wildman–Crippen MR) is 99.1 cm³/mol. The van der Waals surface area contributed by atoms with Crippen molar-refractivity contribution in [2.24, 2.45) is 0 Å². The van der Waals surface area contributed by atoms with Crippen LogP contribution in [-0.2, 0) is 10.0 Å². The number of rotatable bonds is 9. The molecule has 0 aromatic heterocycles. The Kier molecular flexibility index (Phi) is 7.52. The van der Waals surface area contributed by atoms with Gasteiger partial charge in [-0.15, -0.1) is 0 Å². The minimum absolute atomic E-state index is 0.0763. The van der Waals surface area contributed by atoms with Crippen LogP contribution in [0, 0.1) is 10.1 Å². The van der Waals surface area contributed by atoms with Crippen LogP contribution in [0.1, 0.15) is 41.5 Å². The van der Waals surface area contributed by atoms with Gasteiger partial charge in [0.05, 0.1) is 9.82 Å². The molecule has 0 bridgehead atoms. The number of hydrogen-bond acceptors (Lipinski definition) is 5. The molecule has 1 aromatic rings. The van der Waals surface area contributed by atoms with Gasteiger partial charge in [0, 0.05) is 43.3 Å². The molecule has 25 heavy (non-hydrogen) atoms. The highest BCUT2D eigenvalue weighted by molar-refractivity contribution is 7.89. The molecule has 1 rings (SSSR count). The van der Waals surface area contributed by atoms with E-state index >= 15 is 0 Å². The van der Waals surface area contributed by atoms with Crippen LogP contribution in [0.2, 0.25) is 0 Å². The van der Waals surface area contributed by atoms with E-state index in [9.17, 15) is 18.5 Å². The second kappa shape index (κ2) is 8.73. The van der Waals surface area contributed by atoms with Crippen molar-refractivity contribution in [1.29, 1.82) is 0 Å². The van der Waals surface area contributed by atoms with Crippen LogP contribution in [-0.4, -0.2) is 53.8 Å². The molecule has 0 saturated carbocycles. The lowest BCUT2D eigenvalue weighted by Crippen LogP contribution is -2.46. The number of sulfonamides is 1. The van der Waals surface area contributed by atoms with Crippen molar-refractivity contribution in [2.75, 3.05) is 13.1 Å². The molecular weight excluding hydrogens is 342 g/mol. The normalized spacial score (nSPS) is 12.8. The van der Waals surface area contributed by atoms with Gasteiger partial charge in [-0.1, -0.05) is 0 Å². The largest absolute Gasteiger partial charge is 0.297 e. The van der Waals surface area contributed by atoms with E-state index in [1.54, 1.807) is 0 Å². The van der Waals surface area contributed by atoms with Crippen molar-refractivity contribution >= 4 is 15.7 Å². The van der Waals surface area contributed by atoms with Gasteiger partial charge >= 0.3 is 0 Å². The van der Waals surface area contributed by atoms with E-state index in [0.29, 0.717) is 25.2 Å². The van der Waals surface area contributed by atoms with Gasteiger partial charge in [-0.05, 0) is 53.7 Å². The lowest BCUT2D eigenvalue weighted by atomic mass is 10.2. The summed E-state index contributed by atoms with van der Waals surface area (Å²) in [6, 6.07) is 5.46. The Morgan fingerprint density at radius 1 is 0.920 bits per heavy atom. The molecule has 0 N–H and O–H groups in total. The maximum atomic E-state index is 12.9. The highest BCUT2D eigenvalue weighted by Gasteiger charge is 2.28. The zero-order valence-electron chi connectivity index (χ0n) is 15.8. The maximum Gasteiger partial charge on any atom is 0.269 e. The average Bonchev–Trinajstić information content (AvgIpc) is 2.50. The molecule has 0 saturated heterocycles. The van der Waals surface area contributed by atoms with Gasteiger partial charge in [0.25, 0.3) is 5.69 Å². The SMILES string of the molecule is CC(C)N(CCN(C(C)C)S(=O)(=O)c1ccc([N+](=O)[O-])cc1)C(C)C. The Morgan fingerprint density at radius 3 is 1.76 bits per heavy atom. The number of benzene rings is 1. The van der Waals surface area contributed by atoms with Crippen LogP contribution in [0.3, 0.4) is 0 Å². The third kappa shape index (κ3) is 5.49. The summed E-state index contributed by atoms with van der Waals surface area (Å²) in [7, 11) is -3.71. The molecule has 0 aliphatic heterocycles. The standard InChI is InChI=1S/C17H29N3O4S/c1-13(2)18(14(3)4)11-12-19(15(5)6)25(23,24)17-9-7-16(8-10-17)20(21)22/h7-10,13-15H,11-12H2,1-6H3. The molecule has 7 nitrogen and oxygen atoms in total. The summed E-state index contributed by atoms with van der Waals surface area (Å²) in [5.74, 6) is 0. The minimum Gasteiger partial charge on any atom is -0.297 e. The van der Waals surface area contributed by atoms with E-state index in [1.807, 2.05) is 13.8 Å². The molecule has 0 fully saturated rings. The Hall–Kier alpha value is -1.51. The molecule has 8 heteroatoms. The third-order valence-corrected chi connectivity index (χ3v) is 6.22. The van der Waals surface area contributed by atoms with Crippen LogP contribution in [0.25, 0.3) is 0 Å². The molecule has 0 aliphatic carbocycles. The first-order valence-corrected chi connectivity index (χ1v) is 9.94. The Morgan fingerprint density at radius 2 is 1.40 bits per heavy atom. The molecule has 0 atom stereocenters. The molecule has 0 unspecified atom stereocenters. The second-order valence-corrected chi connectivity index (χ2v) is 8.78.